The van der Waals surface area contributed by atoms with Gasteiger partial charge in [-0.05, 0) is 68.7 Å². The highest BCUT2D eigenvalue weighted by Crippen LogP contribution is 2.36. The zero-order valence-corrected chi connectivity index (χ0v) is 14.8. The fourth-order valence-corrected chi connectivity index (χ4v) is 5.01. The van der Waals surface area contributed by atoms with E-state index in [4.69, 9.17) is 0 Å². The van der Waals surface area contributed by atoms with Crippen LogP contribution in [0.4, 0.5) is 0 Å². The molecule has 3 fully saturated rings. The van der Waals surface area contributed by atoms with Crippen molar-refractivity contribution in [1.29, 1.82) is 0 Å². The molecule has 2 aliphatic heterocycles. The standard InChI is InChI=1S/C21H30N2O/c24-21(22-13-3-4-14-22)19-11-9-17(10-12-19)16-23-15-5-8-20(23)18-6-1-2-7-18/h9-12,18,20H,1-8,13-16H2. The molecule has 1 atom stereocenters. The largest absolute Gasteiger partial charge is 0.339 e. The van der Waals surface area contributed by atoms with Crippen LogP contribution in [-0.4, -0.2) is 41.4 Å². The van der Waals surface area contributed by atoms with Gasteiger partial charge in [-0.2, -0.15) is 0 Å². The van der Waals surface area contributed by atoms with Crippen LogP contribution in [0.3, 0.4) is 0 Å². The Bertz CT molecular complexity index is 556. The maximum atomic E-state index is 12.4. The average Bonchev–Trinajstić information content (AvgIpc) is 3.36. The average molecular weight is 326 g/mol. The highest BCUT2D eigenvalue weighted by atomic mass is 16.2. The maximum Gasteiger partial charge on any atom is 0.253 e. The van der Waals surface area contributed by atoms with Crippen molar-refractivity contribution in [3.8, 4) is 0 Å². The first kappa shape index (κ1) is 16.1. The second-order valence-electron chi connectivity index (χ2n) is 7.92. The first-order valence-electron chi connectivity index (χ1n) is 9.93. The van der Waals surface area contributed by atoms with E-state index >= 15 is 0 Å². The van der Waals surface area contributed by atoms with E-state index in [9.17, 15) is 4.79 Å². The lowest BCUT2D eigenvalue weighted by atomic mass is 9.95. The predicted molar refractivity (Wildman–Crippen MR) is 97.0 cm³/mol. The number of amides is 1. The monoisotopic (exact) mass is 326 g/mol. The van der Waals surface area contributed by atoms with Crippen LogP contribution in [0.2, 0.25) is 0 Å². The Labute approximate surface area is 146 Å². The Balaban J connectivity index is 1.38. The van der Waals surface area contributed by atoms with Gasteiger partial charge in [0.15, 0.2) is 0 Å². The van der Waals surface area contributed by atoms with Crippen LogP contribution in [-0.2, 0) is 6.54 Å². The van der Waals surface area contributed by atoms with Crippen molar-refractivity contribution in [2.45, 2.75) is 64.0 Å². The van der Waals surface area contributed by atoms with E-state index in [1.807, 2.05) is 17.0 Å². The minimum atomic E-state index is 0.212. The van der Waals surface area contributed by atoms with Crippen molar-refractivity contribution >= 4 is 5.91 Å². The minimum Gasteiger partial charge on any atom is -0.339 e. The Morgan fingerprint density at radius 1 is 0.875 bits per heavy atom. The van der Waals surface area contributed by atoms with Gasteiger partial charge in [-0.1, -0.05) is 25.0 Å². The zero-order valence-electron chi connectivity index (χ0n) is 14.8. The first-order valence-corrected chi connectivity index (χ1v) is 9.93. The summed E-state index contributed by atoms with van der Waals surface area (Å²) in [6.45, 7) is 4.16. The SMILES string of the molecule is O=C(c1ccc(CN2CCCC2C2CCCC2)cc1)N1CCCC1. The lowest BCUT2D eigenvalue weighted by molar-refractivity contribution is 0.0793. The van der Waals surface area contributed by atoms with E-state index < -0.39 is 0 Å². The van der Waals surface area contributed by atoms with Crippen LogP contribution >= 0.6 is 0 Å². The van der Waals surface area contributed by atoms with Crippen LogP contribution in [0.25, 0.3) is 0 Å². The fraction of sp³-hybridized carbons (Fsp3) is 0.667. The van der Waals surface area contributed by atoms with E-state index in [0.717, 1.165) is 50.0 Å². The van der Waals surface area contributed by atoms with Crippen LogP contribution in [0.15, 0.2) is 24.3 Å². The maximum absolute atomic E-state index is 12.4. The summed E-state index contributed by atoms with van der Waals surface area (Å²) in [4.78, 5) is 17.1. The number of carbonyl (C=O) groups is 1. The molecule has 1 aromatic carbocycles. The second-order valence-corrected chi connectivity index (χ2v) is 7.92. The van der Waals surface area contributed by atoms with Crippen molar-refractivity contribution in [2.75, 3.05) is 19.6 Å². The molecule has 1 saturated carbocycles. The van der Waals surface area contributed by atoms with Gasteiger partial charge in [-0.3, -0.25) is 9.69 Å². The molecule has 0 spiro atoms. The molecule has 1 unspecified atom stereocenters. The van der Waals surface area contributed by atoms with Gasteiger partial charge in [-0.15, -0.1) is 0 Å². The number of likely N-dealkylation sites (tertiary alicyclic amines) is 2. The summed E-state index contributed by atoms with van der Waals surface area (Å²) in [5, 5.41) is 0. The summed E-state index contributed by atoms with van der Waals surface area (Å²) in [5.74, 6) is 1.15. The van der Waals surface area contributed by atoms with Crippen molar-refractivity contribution < 1.29 is 4.79 Å². The molecule has 1 amide bonds. The van der Waals surface area contributed by atoms with Crippen LogP contribution < -0.4 is 0 Å². The molecule has 4 rings (SSSR count). The molecule has 1 aromatic rings. The summed E-state index contributed by atoms with van der Waals surface area (Å²) in [6.07, 6.45) is 10.8. The number of hydrogen-bond donors (Lipinski definition) is 0. The Morgan fingerprint density at radius 3 is 2.29 bits per heavy atom. The second kappa shape index (κ2) is 7.26. The Morgan fingerprint density at radius 2 is 1.58 bits per heavy atom. The molecule has 0 bridgehead atoms. The van der Waals surface area contributed by atoms with Gasteiger partial charge in [0.25, 0.3) is 5.91 Å². The van der Waals surface area contributed by atoms with Crippen molar-refractivity contribution in [3.63, 3.8) is 0 Å². The molecule has 24 heavy (non-hydrogen) atoms. The molecule has 3 aliphatic rings. The van der Waals surface area contributed by atoms with Gasteiger partial charge < -0.3 is 4.90 Å². The van der Waals surface area contributed by atoms with Gasteiger partial charge in [-0.25, -0.2) is 0 Å². The highest BCUT2D eigenvalue weighted by Gasteiger charge is 2.33. The minimum absolute atomic E-state index is 0.212. The summed E-state index contributed by atoms with van der Waals surface area (Å²) < 4.78 is 0. The third-order valence-corrected chi connectivity index (χ3v) is 6.34. The summed E-state index contributed by atoms with van der Waals surface area (Å²) in [7, 11) is 0. The number of nitrogens with zero attached hydrogens (tertiary/aromatic N) is 2. The quantitative estimate of drug-likeness (QED) is 0.832. The van der Waals surface area contributed by atoms with Crippen molar-refractivity contribution in [2.24, 2.45) is 5.92 Å². The van der Waals surface area contributed by atoms with Gasteiger partial charge in [0, 0.05) is 31.2 Å². The van der Waals surface area contributed by atoms with Crippen LogP contribution in [0.1, 0.15) is 67.3 Å². The third-order valence-electron chi connectivity index (χ3n) is 6.34. The molecule has 0 radical (unpaired) electrons. The smallest absolute Gasteiger partial charge is 0.253 e. The lowest BCUT2D eigenvalue weighted by Gasteiger charge is -2.29. The Hall–Kier alpha value is -1.35. The number of benzene rings is 1. The molecular weight excluding hydrogens is 296 g/mol. The topological polar surface area (TPSA) is 23.6 Å². The molecule has 2 heterocycles. The zero-order chi connectivity index (χ0) is 16.4. The molecule has 2 saturated heterocycles. The molecule has 3 nitrogen and oxygen atoms in total. The van der Waals surface area contributed by atoms with Crippen LogP contribution in [0.5, 0.6) is 0 Å². The normalized spacial score (nSPS) is 25.7. The predicted octanol–water partition coefficient (Wildman–Crippen LogP) is 4.08. The molecule has 130 valence electrons. The number of carbonyl (C=O) groups excluding carboxylic acids is 1. The van der Waals surface area contributed by atoms with Gasteiger partial charge in [0.2, 0.25) is 0 Å². The molecule has 0 aromatic heterocycles. The van der Waals surface area contributed by atoms with Crippen LogP contribution in [0, 0.1) is 5.92 Å². The van der Waals surface area contributed by atoms with E-state index in [-0.39, 0.29) is 5.91 Å². The first-order chi connectivity index (χ1) is 11.8. The van der Waals surface area contributed by atoms with Crippen molar-refractivity contribution in [3.05, 3.63) is 35.4 Å². The Kier molecular flexibility index (Phi) is 4.88. The number of rotatable bonds is 4. The highest BCUT2D eigenvalue weighted by molar-refractivity contribution is 5.94. The lowest BCUT2D eigenvalue weighted by Crippen LogP contribution is -2.34. The summed E-state index contributed by atoms with van der Waals surface area (Å²) >= 11 is 0. The van der Waals surface area contributed by atoms with Crippen molar-refractivity contribution in [1.82, 2.24) is 9.80 Å². The van der Waals surface area contributed by atoms with E-state index in [2.05, 4.69) is 17.0 Å². The number of hydrogen-bond acceptors (Lipinski definition) is 2. The summed E-state index contributed by atoms with van der Waals surface area (Å²) in [5.41, 5.74) is 2.22. The molecule has 1 aliphatic carbocycles. The van der Waals surface area contributed by atoms with Gasteiger partial charge in [0.05, 0.1) is 0 Å². The molecular formula is C21H30N2O. The fourth-order valence-electron chi connectivity index (χ4n) is 5.01. The molecule has 3 heteroatoms. The van der Waals surface area contributed by atoms with E-state index in [1.54, 1.807) is 0 Å². The van der Waals surface area contributed by atoms with Gasteiger partial charge >= 0.3 is 0 Å². The summed E-state index contributed by atoms with van der Waals surface area (Å²) in [6, 6.07) is 9.23. The van der Waals surface area contributed by atoms with E-state index in [1.165, 1.54) is 50.6 Å². The third kappa shape index (κ3) is 3.37. The van der Waals surface area contributed by atoms with E-state index in [0.29, 0.717) is 0 Å². The molecule has 0 N–H and O–H groups in total. The van der Waals surface area contributed by atoms with Gasteiger partial charge in [0.1, 0.15) is 0 Å².